The molecule has 0 aliphatic rings. The van der Waals surface area contributed by atoms with Crippen molar-refractivity contribution in [2.24, 2.45) is 0 Å². The minimum atomic E-state index is -0.506. The van der Waals surface area contributed by atoms with Crippen molar-refractivity contribution in [2.45, 2.75) is 27.7 Å². The summed E-state index contributed by atoms with van der Waals surface area (Å²) in [5, 5.41) is 0.615. The van der Waals surface area contributed by atoms with E-state index < -0.39 is 5.82 Å². The lowest BCUT2D eigenvalue weighted by Crippen LogP contribution is -2.39. The molecule has 1 amide bonds. The predicted molar refractivity (Wildman–Crippen MR) is 122 cm³/mol. The average Bonchev–Trinajstić information content (AvgIpc) is 3.09. The molecule has 0 fully saturated rings. The van der Waals surface area contributed by atoms with Crippen LogP contribution < -0.4 is 4.90 Å². The second kappa shape index (κ2) is 10.1. The number of aromatic nitrogens is 1. The first kappa shape index (κ1) is 23.3. The van der Waals surface area contributed by atoms with E-state index in [1.54, 1.807) is 17.0 Å². The number of likely N-dealkylation sites (N-methyl/N-ethyl adjacent to an activating group) is 1. The Labute approximate surface area is 181 Å². The molecule has 0 bridgehead atoms. The molecule has 3 aromatic rings. The Kier molecular flexibility index (Phi) is 8.14. The van der Waals surface area contributed by atoms with E-state index in [4.69, 9.17) is 4.98 Å². The van der Waals surface area contributed by atoms with Gasteiger partial charge in [-0.1, -0.05) is 43.4 Å². The van der Waals surface area contributed by atoms with Crippen LogP contribution in [0.15, 0.2) is 36.4 Å². The van der Waals surface area contributed by atoms with Gasteiger partial charge in [0, 0.05) is 13.1 Å². The van der Waals surface area contributed by atoms with E-state index in [2.05, 4.69) is 37.8 Å². The molecule has 0 spiro atoms. The fraction of sp³-hybridized carbons (Fsp3) is 0.364. The number of amides is 1. The van der Waals surface area contributed by atoms with Gasteiger partial charge in [-0.15, -0.1) is 12.4 Å². The zero-order valence-electron chi connectivity index (χ0n) is 17.2. The molecule has 7 heteroatoms. The number of carbonyl (C=O) groups is 1. The van der Waals surface area contributed by atoms with Crippen molar-refractivity contribution in [1.29, 1.82) is 0 Å². The highest BCUT2D eigenvalue weighted by atomic mass is 35.5. The van der Waals surface area contributed by atoms with Gasteiger partial charge in [0.2, 0.25) is 0 Å². The molecule has 0 saturated carbocycles. The van der Waals surface area contributed by atoms with Gasteiger partial charge in [0.05, 0.1) is 15.8 Å². The first-order valence-corrected chi connectivity index (χ1v) is 10.4. The second-order valence-corrected chi connectivity index (χ2v) is 7.90. The highest BCUT2D eigenvalue weighted by Crippen LogP contribution is 2.32. The number of fused-ring (bicyclic) bond motifs is 1. The van der Waals surface area contributed by atoms with Gasteiger partial charge in [0.25, 0.3) is 5.91 Å². The largest absolute Gasteiger partial charge is 0.302 e. The van der Waals surface area contributed by atoms with Crippen LogP contribution >= 0.6 is 23.7 Å². The topological polar surface area (TPSA) is 36.4 Å². The lowest BCUT2D eigenvalue weighted by atomic mass is 10.1. The predicted octanol–water partition coefficient (Wildman–Crippen LogP) is 5.46. The van der Waals surface area contributed by atoms with Crippen LogP contribution in [-0.4, -0.2) is 42.0 Å². The first-order valence-electron chi connectivity index (χ1n) is 9.61. The number of rotatable bonds is 7. The molecule has 0 atom stereocenters. The molecule has 3 rings (SSSR count). The standard InChI is InChI=1S/C22H26FN3OS.ClH/c1-5-25(6-2)11-12-26(21(27)17-9-7-8-10-18(17)23)22-24-20-16(4)13-15(3)14-19(20)28-22;/h7-10,13-14H,5-6,11-12H2,1-4H3;1H. The van der Waals surface area contributed by atoms with Gasteiger partial charge in [-0.2, -0.15) is 0 Å². The van der Waals surface area contributed by atoms with E-state index in [9.17, 15) is 9.18 Å². The number of nitrogens with zero attached hydrogens (tertiary/aromatic N) is 3. The van der Waals surface area contributed by atoms with Crippen LogP contribution in [0.25, 0.3) is 10.2 Å². The third kappa shape index (κ3) is 5.13. The van der Waals surface area contributed by atoms with Crippen LogP contribution in [0.5, 0.6) is 0 Å². The number of carbonyl (C=O) groups excluding carboxylic acids is 1. The summed E-state index contributed by atoms with van der Waals surface area (Å²) in [6, 6.07) is 10.3. The summed E-state index contributed by atoms with van der Waals surface area (Å²) in [7, 11) is 0. The third-order valence-electron chi connectivity index (χ3n) is 4.93. The molecule has 0 unspecified atom stereocenters. The smallest absolute Gasteiger partial charge is 0.263 e. The van der Waals surface area contributed by atoms with Gasteiger partial charge < -0.3 is 4.90 Å². The molecule has 29 heavy (non-hydrogen) atoms. The second-order valence-electron chi connectivity index (χ2n) is 6.89. The highest BCUT2D eigenvalue weighted by Gasteiger charge is 2.24. The van der Waals surface area contributed by atoms with Crippen LogP contribution in [-0.2, 0) is 0 Å². The van der Waals surface area contributed by atoms with Crippen molar-refractivity contribution in [3.63, 3.8) is 0 Å². The molecular formula is C22H27ClFN3OS. The maximum atomic E-state index is 14.3. The molecule has 0 radical (unpaired) electrons. The number of halogens is 2. The Morgan fingerprint density at radius 1 is 1.10 bits per heavy atom. The molecule has 156 valence electrons. The number of thiazole rings is 1. The molecule has 1 heterocycles. The van der Waals surface area contributed by atoms with Crippen molar-refractivity contribution < 1.29 is 9.18 Å². The quantitative estimate of drug-likeness (QED) is 0.494. The van der Waals surface area contributed by atoms with Gasteiger partial charge >= 0.3 is 0 Å². The Bertz CT molecular complexity index is 987. The average molecular weight is 436 g/mol. The first-order chi connectivity index (χ1) is 13.4. The van der Waals surface area contributed by atoms with Gasteiger partial charge in [0.1, 0.15) is 5.82 Å². The summed E-state index contributed by atoms with van der Waals surface area (Å²) < 4.78 is 15.3. The van der Waals surface area contributed by atoms with E-state index >= 15 is 0 Å². The number of hydrogen-bond donors (Lipinski definition) is 0. The Hall–Kier alpha value is -2.02. The summed E-state index contributed by atoms with van der Waals surface area (Å²) in [6.07, 6.45) is 0. The van der Waals surface area contributed by atoms with Crippen molar-refractivity contribution in [3.05, 3.63) is 58.9 Å². The lowest BCUT2D eigenvalue weighted by Gasteiger charge is -2.24. The normalized spacial score (nSPS) is 11.0. The molecule has 2 aromatic carbocycles. The number of aryl methyl sites for hydroxylation is 2. The number of benzene rings is 2. The highest BCUT2D eigenvalue weighted by molar-refractivity contribution is 7.22. The number of anilines is 1. The molecule has 0 saturated heterocycles. The summed E-state index contributed by atoms with van der Waals surface area (Å²) in [6.45, 7) is 11.2. The van der Waals surface area contributed by atoms with Crippen LogP contribution in [0, 0.1) is 19.7 Å². The van der Waals surface area contributed by atoms with E-state index in [1.165, 1.54) is 23.5 Å². The van der Waals surface area contributed by atoms with E-state index in [0.29, 0.717) is 18.2 Å². The van der Waals surface area contributed by atoms with Gasteiger partial charge in [0.15, 0.2) is 5.13 Å². The Morgan fingerprint density at radius 3 is 2.45 bits per heavy atom. The van der Waals surface area contributed by atoms with Gasteiger partial charge in [-0.3, -0.25) is 9.69 Å². The molecule has 0 aliphatic heterocycles. The molecule has 4 nitrogen and oxygen atoms in total. The monoisotopic (exact) mass is 435 g/mol. The van der Waals surface area contributed by atoms with Crippen LogP contribution in [0.2, 0.25) is 0 Å². The summed E-state index contributed by atoms with van der Waals surface area (Å²) in [4.78, 5) is 21.8. The van der Waals surface area contributed by atoms with Crippen molar-refractivity contribution in [2.75, 3.05) is 31.1 Å². The van der Waals surface area contributed by atoms with Crippen molar-refractivity contribution in [3.8, 4) is 0 Å². The van der Waals surface area contributed by atoms with Gasteiger partial charge in [-0.05, 0) is 56.3 Å². The summed E-state index contributed by atoms with van der Waals surface area (Å²) >= 11 is 1.48. The van der Waals surface area contributed by atoms with Crippen LogP contribution in [0.4, 0.5) is 9.52 Å². The summed E-state index contributed by atoms with van der Waals surface area (Å²) in [5.74, 6) is -0.854. The zero-order valence-corrected chi connectivity index (χ0v) is 18.9. The van der Waals surface area contributed by atoms with Gasteiger partial charge in [-0.25, -0.2) is 9.37 Å². The van der Waals surface area contributed by atoms with Crippen LogP contribution in [0.1, 0.15) is 35.3 Å². The number of hydrogen-bond acceptors (Lipinski definition) is 4. The van der Waals surface area contributed by atoms with E-state index in [0.717, 1.165) is 34.4 Å². The fourth-order valence-electron chi connectivity index (χ4n) is 3.32. The maximum absolute atomic E-state index is 14.3. The minimum Gasteiger partial charge on any atom is -0.302 e. The maximum Gasteiger partial charge on any atom is 0.263 e. The van der Waals surface area contributed by atoms with Crippen molar-refractivity contribution >= 4 is 45.0 Å². The van der Waals surface area contributed by atoms with E-state index in [1.807, 2.05) is 6.92 Å². The molecule has 0 aliphatic carbocycles. The summed E-state index contributed by atoms with van der Waals surface area (Å²) in [5.41, 5.74) is 3.23. The Morgan fingerprint density at radius 2 is 1.79 bits per heavy atom. The van der Waals surface area contributed by atoms with Crippen LogP contribution in [0.3, 0.4) is 0 Å². The fourth-order valence-corrected chi connectivity index (χ4v) is 4.49. The molecule has 0 N–H and O–H groups in total. The zero-order chi connectivity index (χ0) is 20.3. The minimum absolute atomic E-state index is 0. The lowest BCUT2D eigenvalue weighted by molar-refractivity contribution is 0.0980. The Balaban J connectivity index is 0.00000300. The SMILES string of the molecule is CCN(CC)CCN(C(=O)c1ccccc1F)c1nc2c(C)cc(C)cc2s1.Cl. The third-order valence-corrected chi connectivity index (χ3v) is 5.96. The van der Waals surface area contributed by atoms with Crippen molar-refractivity contribution in [1.82, 2.24) is 9.88 Å². The molecular weight excluding hydrogens is 409 g/mol. The van der Waals surface area contributed by atoms with E-state index in [-0.39, 0.29) is 23.9 Å². The molecule has 1 aromatic heterocycles.